The molecule has 0 spiro atoms. The van der Waals surface area contributed by atoms with Gasteiger partial charge in [0.15, 0.2) is 0 Å². The average Bonchev–Trinajstić information content (AvgIpc) is 2.53. The van der Waals surface area contributed by atoms with Gasteiger partial charge in [0.2, 0.25) is 0 Å². The van der Waals surface area contributed by atoms with Crippen molar-refractivity contribution < 1.29 is 5.73 Å². The number of quaternary nitrogens is 1. The molecule has 0 saturated heterocycles. The zero-order valence-corrected chi connectivity index (χ0v) is 13.8. The lowest BCUT2D eigenvalue weighted by Crippen LogP contribution is -2.40. The van der Waals surface area contributed by atoms with Crippen LogP contribution in [0, 0.1) is 0 Å². The average molecular weight is 345 g/mol. The Labute approximate surface area is 142 Å². The summed E-state index contributed by atoms with van der Waals surface area (Å²) in [6.45, 7) is 0. The van der Waals surface area contributed by atoms with Gasteiger partial charge in [0.1, 0.15) is 5.69 Å². The van der Waals surface area contributed by atoms with E-state index in [0.29, 0.717) is 11.4 Å². The molecular formula is C17H15ClN3OS+. The van der Waals surface area contributed by atoms with Crippen molar-refractivity contribution in [2.45, 2.75) is 16.2 Å². The zero-order chi connectivity index (χ0) is 16.2. The summed E-state index contributed by atoms with van der Waals surface area (Å²) in [7, 11) is 0. The van der Waals surface area contributed by atoms with Crippen molar-refractivity contribution in [3.63, 3.8) is 0 Å². The molecule has 23 heavy (non-hydrogen) atoms. The Hall–Kier alpha value is -2.08. The molecule has 0 amide bonds. The third-order valence-corrected chi connectivity index (χ3v) is 4.60. The highest BCUT2D eigenvalue weighted by molar-refractivity contribution is 7.99. The SMILES string of the molecule is [NH3+]c1ccc(Cc2ccc(=O)[nH]n2)cc1Sc1cccc(Cl)c1. The van der Waals surface area contributed by atoms with Gasteiger partial charge >= 0.3 is 0 Å². The molecule has 2 aromatic carbocycles. The van der Waals surface area contributed by atoms with Crippen LogP contribution in [-0.2, 0) is 6.42 Å². The second-order valence-corrected chi connectivity index (χ2v) is 6.64. The number of nitrogens with zero attached hydrogens (tertiary/aromatic N) is 1. The fraction of sp³-hybridized carbons (Fsp3) is 0.0588. The van der Waals surface area contributed by atoms with E-state index in [2.05, 4.69) is 22.0 Å². The summed E-state index contributed by atoms with van der Waals surface area (Å²) in [4.78, 5) is 13.2. The van der Waals surface area contributed by atoms with E-state index in [1.54, 1.807) is 17.8 Å². The van der Waals surface area contributed by atoms with Crippen LogP contribution in [0.15, 0.2) is 69.2 Å². The molecule has 0 radical (unpaired) electrons. The summed E-state index contributed by atoms with van der Waals surface area (Å²) < 4.78 is 0. The van der Waals surface area contributed by atoms with Crippen LogP contribution in [0.2, 0.25) is 5.02 Å². The van der Waals surface area contributed by atoms with Crippen LogP contribution >= 0.6 is 23.4 Å². The Morgan fingerprint density at radius 1 is 1.13 bits per heavy atom. The minimum Gasteiger partial charge on any atom is -0.324 e. The summed E-state index contributed by atoms with van der Waals surface area (Å²) in [5, 5.41) is 7.22. The van der Waals surface area contributed by atoms with Crippen molar-refractivity contribution in [2.24, 2.45) is 0 Å². The summed E-state index contributed by atoms with van der Waals surface area (Å²) >= 11 is 7.67. The number of hydrogen-bond donors (Lipinski definition) is 2. The lowest BCUT2D eigenvalue weighted by Gasteiger charge is -2.07. The van der Waals surface area contributed by atoms with Crippen molar-refractivity contribution in [2.75, 3.05) is 0 Å². The van der Waals surface area contributed by atoms with Crippen molar-refractivity contribution >= 4 is 29.1 Å². The van der Waals surface area contributed by atoms with Gasteiger partial charge in [0, 0.05) is 28.5 Å². The molecule has 1 heterocycles. The normalized spacial score (nSPS) is 10.7. The van der Waals surface area contributed by atoms with Gasteiger partial charge < -0.3 is 5.73 Å². The van der Waals surface area contributed by atoms with E-state index in [-0.39, 0.29) is 5.56 Å². The van der Waals surface area contributed by atoms with Gasteiger partial charge in [-0.2, -0.15) is 5.10 Å². The Kier molecular flexibility index (Phi) is 4.81. The maximum Gasteiger partial charge on any atom is 0.264 e. The number of halogens is 1. The first-order chi connectivity index (χ1) is 11.1. The lowest BCUT2D eigenvalue weighted by atomic mass is 10.1. The third kappa shape index (κ3) is 4.22. The van der Waals surface area contributed by atoms with Crippen LogP contribution in [0.5, 0.6) is 0 Å². The van der Waals surface area contributed by atoms with Gasteiger partial charge in [-0.1, -0.05) is 35.5 Å². The monoisotopic (exact) mass is 344 g/mol. The second kappa shape index (κ2) is 7.00. The quantitative estimate of drug-likeness (QED) is 0.764. The molecule has 0 atom stereocenters. The summed E-state index contributed by atoms with van der Waals surface area (Å²) in [6.07, 6.45) is 0.653. The van der Waals surface area contributed by atoms with Crippen LogP contribution in [-0.4, -0.2) is 10.2 Å². The van der Waals surface area contributed by atoms with Crippen LogP contribution in [0.3, 0.4) is 0 Å². The number of aromatic amines is 1. The number of benzene rings is 2. The molecule has 3 aromatic rings. The largest absolute Gasteiger partial charge is 0.324 e. The van der Waals surface area contributed by atoms with Crippen LogP contribution in [0.1, 0.15) is 11.3 Å². The Morgan fingerprint density at radius 2 is 2.00 bits per heavy atom. The molecule has 0 aliphatic heterocycles. The highest BCUT2D eigenvalue weighted by Crippen LogP contribution is 2.33. The number of aromatic nitrogens is 2. The first-order valence-corrected chi connectivity index (χ1v) is 8.22. The molecule has 0 aliphatic carbocycles. The lowest BCUT2D eigenvalue weighted by molar-refractivity contribution is -0.258. The Morgan fingerprint density at radius 3 is 2.74 bits per heavy atom. The van der Waals surface area contributed by atoms with Crippen molar-refractivity contribution in [1.82, 2.24) is 10.2 Å². The predicted molar refractivity (Wildman–Crippen MR) is 92.2 cm³/mol. The van der Waals surface area contributed by atoms with Crippen LogP contribution in [0.4, 0.5) is 5.69 Å². The van der Waals surface area contributed by atoms with E-state index in [4.69, 9.17) is 11.6 Å². The van der Waals surface area contributed by atoms with E-state index >= 15 is 0 Å². The van der Waals surface area contributed by atoms with E-state index in [9.17, 15) is 4.79 Å². The summed E-state index contributed by atoms with van der Waals surface area (Å²) in [6, 6.07) is 17.1. The molecule has 6 heteroatoms. The molecule has 0 fully saturated rings. The van der Waals surface area contributed by atoms with E-state index in [1.807, 2.05) is 36.4 Å². The number of nitrogens with one attached hydrogen (secondary N) is 1. The van der Waals surface area contributed by atoms with Crippen LogP contribution in [0.25, 0.3) is 0 Å². The molecule has 0 unspecified atom stereocenters. The standard InChI is InChI=1S/C17H14ClN3OS/c18-12-2-1-3-14(10-12)23-16-9-11(4-6-15(16)19)8-13-5-7-17(22)21-20-13/h1-7,9-10H,8,19H2,(H,21,22)/p+1. The smallest absolute Gasteiger partial charge is 0.264 e. The maximum atomic E-state index is 11.1. The van der Waals surface area contributed by atoms with Gasteiger partial charge in [-0.15, -0.1) is 0 Å². The summed E-state index contributed by atoms with van der Waals surface area (Å²) in [5.41, 5.74) is 6.78. The first-order valence-electron chi connectivity index (χ1n) is 7.03. The van der Waals surface area contributed by atoms with Crippen LogP contribution < -0.4 is 11.3 Å². The fourth-order valence-electron chi connectivity index (χ4n) is 2.14. The van der Waals surface area contributed by atoms with Gasteiger partial charge in [-0.25, -0.2) is 5.10 Å². The van der Waals surface area contributed by atoms with Crippen molar-refractivity contribution in [3.8, 4) is 0 Å². The molecular weight excluding hydrogens is 330 g/mol. The molecule has 1 aromatic heterocycles. The van der Waals surface area contributed by atoms with Crippen molar-refractivity contribution in [1.29, 1.82) is 0 Å². The molecule has 3 rings (SSSR count). The number of hydrogen-bond acceptors (Lipinski definition) is 3. The molecule has 0 saturated carbocycles. The zero-order valence-electron chi connectivity index (χ0n) is 12.3. The highest BCUT2D eigenvalue weighted by atomic mass is 35.5. The molecule has 116 valence electrons. The minimum atomic E-state index is -0.195. The van der Waals surface area contributed by atoms with Gasteiger partial charge in [0.05, 0.1) is 10.6 Å². The topological polar surface area (TPSA) is 73.4 Å². The van der Waals surface area contributed by atoms with E-state index in [1.165, 1.54) is 6.07 Å². The molecule has 0 bridgehead atoms. The molecule has 4 nitrogen and oxygen atoms in total. The Balaban J connectivity index is 1.84. The van der Waals surface area contributed by atoms with Gasteiger partial charge in [-0.3, -0.25) is 4.79 Å². The van der Waals surface area contributed by atoms with E-state index in [0.717, 1.165) is 26.7 Å². The van der Waals surface area contributed by atoms with Gasteiger partial charge in [-0.05, 0) is 35.9 Å². The number of H-pyrrole nitrogens is 1. The summed E-state index contributed by atoms with van der Waals surface area (Å²) in [5.74, 6) is 0. The van der Waals surface area contributed by atoms with Crippen molar-refractivity contribution in [3.05, 3.63) is 81.2 Å². The predicted octanol–water partition coefficient (Wildman–Crippen LogP) is 3.04. The molecule has 4 N–H and O–H groups in total. The highest BCUT2D eigenvalue weighted by Gasteiger charge is 2.08. The first kappa shape index (κ1) is 15.8. The second-order valence-electron chi connectivity index (χ2n) is 5.09. The molecule has 0 aliphatic rings. The fourth-order valence-corrected chi connectivity index (χ4v) is 3.39. The minimum absolute atomic E-state index is 0.195. The maximum absolute atomic E-state index is 11.1. The van der Waals surface area contributed by atoms with E-state index < -0.39 is 0 Å². The van der Waals surface area contributed by atoms with Gasteiger partial charge in [0.25, 0.3) is 5.56 Å². The number of rotatable bonds is 4. The third-order valence-electron chi connectivity index (χ3n) is 3.28. The Bertz CT molecular complexity index is 875.